The molecule has 6 nitrogen and oxygen atoms in total. The van der Waals surface area contributed by atoms with Crippen molar-refractivity contribution in [1.82, 2.24) is 29.1 Å². The number of aromatic nitrogens is 6. The third-order valence-corrected chi connectivity index (χ3v) is 10.6. The number of imidazole rings is 3. The Morgan fingerprint density at radius 3 is 1.30 bits per heavy atom. The van der Waals surface area contributed by atoms with E-state index in [-0.39, 0.29) is 0 Å². The molecule has 0 bridgehead atoms. The predicted octanol–water partition coefficient (Wildman–Crippen LogP) is 12.3. The van der Waals surface area contributed by atoms with Crippen LogP contribution in [0.25, 0.3) is 76.8 Å². The van der Waals surface area contributed by atoms with Crippen molar-refractivity contribution in [2.24, 2.45) is 0 Å². The summed E-state index contributed by atoms with van der Waals surface area (Å²) in [4.78, 5) is 16.6. The molecule has 254 valence electrons. The number of aromatic amines is 1. The quantitative estimate of drug-likeness (QED) is 0.176. The van der Waals surface area contributed by atoms with Gasteiger partial charge in [-0.15, -0.1) is 0 Å². The third kappa shape index (κ3) is 6.87. The lowest BCUT2D eigenvalue weighted by atomic mass is 10.1. The maximum absolute atomic E-state index is 4.67. The van der Waals surface area contributed by atoms with Crippen LogP contribution in [0, 0.1) is 7.14 Å². The minimum absolute atomic E-state index is 0.994. The van der Waals surface area contributed by atoms with E-state index in [9.17, 15) is 0 Å². The molecule has 0 amide bonds. The molecule has 0 aliphatic heterocycles. The molecule has 0 unspecified atom stereocenters. The van der Waals surface area contributed by atoms with Crippen molar-refractivity contribution < 1.29 is 0 Å². The van der Waals surface area contributed by atoms with Gasteiger partial charge < -0.3 is 4.98 Å². The third-order valence-electron chi connectivity index (χ3n) is 9.29. The molecule has 8 heteroatoms. The first-order valence-corrected chi connectivity index (χ1v) is 19.3. The summed E-state index contributed by atoms with van der Waals surface area (Å²) < 4.78 is 6.91. The lowest BCUT2D eigenvalue weighted by molar-refractivity contribution is 1.06. The van der Waals surface area contributed by atoms with Gasteiger partial charge in [0, 0.05) is 18.5 Å². The SMILES string of the molecule is Ic1cccc(I)c1.c1cc(-n2cnc3cc4ccccc4cc32)cc(-n2cnc3cc4ccccc4cc32)c1.c1ccc2cc3[nH]cnc3cc2c1. The number of H-pyrrole nitrogens is 1. The molecule has 11 rings (SSSR count). The zero-order chi connectivity index (χ0) is 35.7. The molecule has 0 fully saturated rings. The molecule has 0 aliphatic carbocycles. The van der Waals surface area contributed by atoms with E-state index in [0.717, 1.165) is 44.5 Å². The van der Waals surface area contributed by atoms with Crippen LogP contribution in [-0.4, -0.2) is 29.1 Å². The van der Waals surface area contributed by atoms with Gasteiger partial charge in [0.25, 0.3) is 0 Å². The van der Waals surface area contributed by atoms with Gasteiger partial charge in [0.1, 0.15) is 12.7 Å². The number of benzene rings is 8. The van der Waals surface area contributed by atoms with E-state index in [1.165, 1.54) is 39.5 Å². The van der Waals surface area contributed by atoms with E-state index in [4.69, 9.17) is 0 Å². The second-order valence-corrected chi connectivity index (χ2v) is 15.2. The van der Waals surface area contributed by atoms with Gasteiger partial charge in [0.05, 0.1) is 39.4 Å². The van der Waals surface area contributed by atoms with Crippen molar-refractivity contribution >= 4 is 111 Å². The molecule has 0 spiro atoms. The van der Waals surface area contributed by atoms with Crippen LogP contribution >= 0.6 is 45.2 Å². The number of fused-ring (bicyclic) bond motifs is 6. The summed E-state index contributed by atoms with van der Waals surface area (Å²) in [6.07, 6.45) is 5.54. The highest BCUT2D eigenvalue weighted by atomic mass is 127. The zero-order valence-electron chi connectivity index (χ0n) is 28.2. The van der Waals surface area contributed by atoms with Crippen LogP contribution in [0.3, 0.4) is 0 Å². The first-order valence-electron chi connectivity index (χ1n) is 17.1. The van der Waals surface area contributed by atoms with Crippen LogP contribution in [0.5, 0.6) is 0 Å². The molecule has 0 saturated carbocycles. The second kappa shape index (κ2) is 14.4. The highest BCUT2D eigenvalue weighted by molar-refractivity contribution is 14.1. The first kappa shape index (κ1) is 33.3. The van der Waals surface area contributed by atoms with Crippen molar-refractivity contribution in [2.45, 2.75) is 0 Å². The zero-order valence-corrected chi connectivity index (χ0v) is 32.6. The molecule has 0 saturated heterocycles. The van der Waals surface area contributed by atoms with E-state index >= 15 is 0 Å². The number of hydrogen-bond donors (Lipinski definition) is 1. The standard InChI is InChI=1S/C28H18N4.C11H8N2.C6H4I2/c1-3-8-21-14-27-25(12-19(21)6-1)29-17-31(27)23-10-5-11-24(16-23)32-18-30-26-13-20-7-2-4-9-22(20)15-28(26)32;1-2-4-9-6-11-10(12-7-13-11)5-8(9)3-1;7-5-2-1-3-6(8)4-5/h1-18H;1-7H,(H,12,13);1-4H. The molecule has 0 aliphatic rings. The van der Waals surface area contributed by atoms with Gasteiger partial charge in [-0.2, -0.15) is 0 Å². The van der Waals surface area contributed by atoms with Gasteiger partial charge in [0.2, 0.25) is 0 Å². The summed E-state index contributed by atoms with van der Waals surface area (Å²) in [5.41, 5.74) is 8.45. The fraction of sp³-hybridized carbons (Fsp3) is 0. The summed E-state index contributed by atoms with van der Waals surface area (Å²) >= 11 is 4.60. The molecule has 11 aromatic rings. The summed E-state index contributed by atoms with van der Waals surface area (Å²) in [7, 11) is 0. The molecule has 0 radical (unpaired) electrons. The largest absolute Gasteiger partial charge is 0.345 e. The number of hydrogen-bond acceptors (Lipinski definition) is 3. The summed E-state index contributed by atoms with van der Waals surface area (Å²) in [5.74, 6) is 0. The maximum Gasteiger partial charge on any atom is 0.100 e. The Morgan fingerprint density at radius 1 is 0.396 bits per heavy atom. The topological polar surface area (TPSA) is 64.3 Å². The fourth-order valence-corrected chi connectivity index (χ4v) is 8.36. The summed E-state index contributed by atoms with van der Waals surface area (Å²) in [6, 6.07) is 54.9. The lowest BCUT2D eigenvalue weighted by Gasteiger charge is -2.10. The molecule has 3 heterocycles. The van der Waals surface area contributed by atoms with Gasteiger partial charge in [-0.3, -0.25) is 9.13 Å². The summed E-state index contributed by atoms with van der Waals surface area (Å²) in [6.45, 7) is 0. The van der Waals surface area contributed by atoms with E-state index < -0.39 is 0 Å². The lowest BCUT2D eigenvalue weighted by Crippen LogP contribution is -1.96. The minimum atomic E-state index is 0.994. The van der Waals surface area contributed by atoms with Crippen LogP contribution in [0.4, 0.5) is 0 Å². The van der Waals surface area contributed by atoms with E-state index in [1.54, 1.807) is 6.33 Å². The first-order chi connectivity index (χ1) is 26.1. The minimum Gasteiger partial charge on any atom is -0.345 e. The van der Waals surface area contributed by atoms with Gasteiger partial charge in [-0.05, 0) is 150 Å². The van der Waals surface area contributed by atoms with Crippen LogP contribution in [-0.2, 0) is 0 Å². The Hall–Kier alpha value is -5.59. The van der Waals surface area contributed by atoms with Crippen LogP contribution < -0.4 is 0 Å². The Bertz CT molecular complexity index is 2870. The monoisotopic (exact) mass is 908 g/mol. The molecule has 8 aromatic carbocycles. The number of nitrogens with zero attached hydrogens (tertiary/aromatic N) is 5. The molecular weight excluding hydrogens is 878 g/mol. The molecule has 0 atom stereocenters. The van der Waals surface area contributed by atoms with Crippen molar-refractivity contribution in [2.75, 3.05) is 0 Å². The molecule has 1 N–H and O–H groups in total. The fourth-order valence-electron chi connectivity index (χ4n) is 6.68. The van der Waals surface area contributed by atoms with Gasteiger partial charge in [-0.25, -0.2) is 15.0 Å². The smallest absolute Gasteiger partial charge is 0.100 e. The number of nitrogens with one attached hydrogen (secondary N) is 1. The van der Waals surface area contributed by atoms with Crippen LogP contribution in [0.2, 0.25) is 0 Å². The Kier molecular flexibility index (Phi) is 9.06. The van der Waals surface area contributed by atoms with Gasteiger partial charge in [-0.1, -0.05) is 84.9 Å². The Labute approximate surface area is 332 Å². The van der Waals surface area contributed by atoms with E-state index in [2.05, 4.69) is 220 Å². The van der Waals surface area contributed by atoms with Gasteiger partial charge >= 0.3 is 0 Å². The van der Waals surface area contributed by atoms with Crippen LogP contribution in [0.15, 0.2) is 177 Å². The van der Waals surface area contributed by atoms with E-state index in [1.807, 2.05) is 24.8 Å². The maximum atomic E-state index is 4.67. The predicted molar refractivity (Wildman–Crippen MR) is 236 cm³/mol. The average molecular weight is 909 g/mol. The van der Waals surface area contributed by atoms with Crippen molar-refractivity contribution in [3.8, 4) is 11.4 Å². The van der Waals surface area contributed by atoms with Gasteiger partial charge in [0.15, 0.2) is 0 Å². The Balaban J connectivity index is 0.000000144. The highest BCUT2D eigenvalue weighted by Crippen LogP contribution is 2.28. The van der Waals surface area contributed by atoms with Crippen molar-refractivity contribution in [3.05, 3.63) is 184 Å². The normalized spacial score (nSPS) is 11.2. The molecule has 53 heavy (non-hydrogen) atoms. The summed E-state index contributed by atoms with van der Waals surface area (Å²) in [5, 5.41) is 7.32. The molecule has 3 aromatic heterocycles. The molecular formula is C45H30I2N6. The number of rotatable bonds is 2. The number of halogens is 2. The van der Waals surface area contributed by atoms with Crippen LogP contribution in [0.1, 0.15) is 0 Å². The second-order valence-electron chi connectivity index (χ2n) is 12.7. The highest BCUT2D eigenvalue weighted by Gasteiger charge is 2.10. The van der Waals surface area contributed by atoms with Crippen molar-refractivity contribution in [1.29, 1.82) is 0 Å². The van der Waals surface area contributed by atoms with Crippen molar-refractivity contribution in [3.63, 3.8) is 0 Å². The average Bonchev–Trinajstić information content (AvgIpc) is 3.94. The van der Waals surface area contributed by atoms with E-state index in [0.29, 0.717) is 0 Å². The Morgan fingerprint density at radius 2 is 0.830 bits per heavy atom.